The lowest BCUT2D eigenvalue weighted by Gasteiger charge is -2.08. The summed E-state index contributed by atoms with van der Waals surface area (Å²) in [5.74, 6) is 0.164. The highest BCUT2D eigenvalue weighted by molar-refractivity contribution is 5.90. The predicted molar refractivity (Wildman–Crippen MR) is 91.1 cm³/mol. The Kier molecular flexibility index (Phi) is 4.72. The van der Waals surface area contributed by atoms with Gasteiger partial charge in [-0.2, -0.15) is 5.10 Å². The Hall–Kier alpha value is -2.93. The quantitative estimate of drug-likeness (QED) is 0.395. The minimum absolute atomic E-state index is 0.314. The molecule has 2 heterocycles. The second kappa shape index (κ2) is 7.10. The van der Waals surface area contributed by atoms with Gasteiger partial charge in [0.25, 0.3) is 0 Å². The number of aromatic nitrogens is 4. The standard InChI is InChI=1S/C17H19N5O2/c1-3-9-18-11-15-12(16(23)24-4-2)10-19-22(15)17-20-13-7-5-6-8-14(13)21-17/h3,5-8,10,18H,1,4,9,11H2,2H3,(H,20,21). The number of hydrogen-bond acceptors (Lipinski definition) is 5. The first kappa shape index (κ1) is 15.9. The molecule has 0 bridgehead atoms. The van der Waals surface area contributed by atoms with Crippen molar-refractivity contribution in [2.24, 2.45) is 0 Å². The molecule has 1 aromatic carbocycles. The Balaban J connectivity index is 2.02. The van der Waals surface area contributed by atoms with Gasteiger partial charge in [-0.05, 0) is 19.1 Å². The van der Waals surface area contributed by atoms with Crippen molar-refractivity contribution >= 4 is 17.0 Å². The molecule has 0 spiro atoms. The number of para-hydroxylation sites is 2. The lowest BCUT2D eigenvalue weighted by atomic mass is 10.2. The van der Waals surface area contributed by atoms with E-state index in [2.05, 4.69) is 27.0 Å². The van der Waals surface area contributed by atoms with Gasteiger partial charge in [-0.15, -0.1) is 6.58 Å². The van der Waals surface area contributed by atoms with E-state index in [1.807, 2.05) is 24.3 Å². The monoisotopic (exact) mass is 325 g/mol. The van der Waals surface area contributed by atoms with Gasteiger partial charge in [0.2, 0.25) is 5.95 Å². The third kappa shape index (κ3) is 3.07. The van der Waals surface area contributed by atoms with Crippen molar-refractivity contribution < 1.29 is 9.53 Å². The van der Waals surface area contributed by atoms with Crippen LogP contribution < -0.4 is 5.32 Å². The van der Waals surface area contributed by atoms with Gasteiger partial charge in [-0.1, -0.05) is 18.2 Å². The average molecular weight is 325 g/mol. The highest BCUT2D eigenvalue weighted by Crippen LogP contribution is 2.17. The molecule has 0 unspecified atom stereocenters. The number of hydrogen-bond donors (Lipinski definition) is 2. The molecule has 124 valence electrons. The van der Waals surface area contributed by atoms with E-state index in [9.17, 15) is 4.79 Å². The van der Waals surface area contributed by atoms with Gasteiger partial charge >= 0.3 is 5.97 Å². The van der Waals surface area contributed by atoms with Crippen molar-refractivity contribution in [3.8, 4) is 5.95 Å². The number of aromatic amines is 1. The van der Waals surface area contributed by atoms with Crippen LogP contribution in [0, 0.1) is 0 Å². The smallest absolute Gasteiger partial charge is 0.341 e. The molecule has 0 saturated carbocycles. The number of nitrogens with one attached hydrogen (secondary N) is 2. The second-order valence-electron chi connectivity index (χ2n) is 5.13. The van der Waals surface area contributed by atoms with E-state index in [1.165, 1.54) is 6.20 Å². The number of esters is 1. The molecule has 0 aliphatic carbocycles. The summed E-state index contributed by atoms with van der Waals surface area (Å²) in [7, 11) is 0. The van der Waals surface area contributed by atoms with E-state index < -0.39 is 5.97 Å². The van der Waals surface area contributed by atoms with Gasteiger partial charge in [0.05, 0.1) is 29.5 Å². The Bertz CT molecular complexity index is 832. The van der Waals surface area contributed by atoms with Crippen LogP contribution in [0.3, 0.4) is 0 Å². The first-order valence-electron chi connectivity index (χ1n) is 7.75. The fourth-order valence-corrected chi connectivity index (χ4v) is 2.44. The largest absolute Gasteiger partial charge is 0.462 e. The molecular weight excluding hydrogens is 306 g/mol. The van der Waals surface area contributed by atoms with Crippen LogP contribution in [0.25, 0.3) is 17.0 Å². The normalized spacial score (nSPS) is 10.9. The SMILES string of the molecule is C=CCNCc1c(C(=O)OCC)cnn1-c1nc2ccccc2[nH]1. The highest BCUT2D eigenvalue weighted by atomic mass is 16.5. The van der Waals surface area contributed by atoms with Gasteiger partial charge in [0, 0.05) is 13.1 Å². The number of carbonyl (C=O) groups excluding carboxylic acids is 1. The van der Waals surface area contributed by atoms with Crippen LogP contribution in [-0.2, 0) is 11.3 Å². The molecule has 0 atom stereocenters. The van der Waals surface area contributed by atoms with Crippen LogP contribution >= 0.6 is 0 Å². The average Bonchev–Trinajstić information content (AvgIpc) is 3.18. The summed E-state index contributed by atoms with van der Waals surface area (Å²) in [5.41, 5.74) is 2.86. The fraction of sp³-hybridized carbons (Fsp3) is 0.235. The maximum atomic E-state index is 12.2. The molecule has 3 rings (SSSR count). The van der Waals surface area contributed by atoms with Gasteiger partial charge < -0.3 is 15.0 Å². The van der Waals surface area contributed by atoms with Crippen molar-refractivity contribution in [2.75, 3.05) is 13.2 Å². The van der Waals surface area contributed by atoms with Gasteiger partial charge in [0.1, 0.15) is 5.56 Å². The van der Waals surface area contributed by atoms with E-state index in [0.29, 0.717) is 36.9 Å². The third-order valence-electron chi connectivity index (χ3n) is 3.52. The van der Waals surface area contributed by atoms with Crippen LogP contribution in [0.15, 0.2) is 43.1 Å². The Morgan fingerprint density at radius 2 is 2.29 bits per heavy atom. The molecule has 0 aliphatic heterocycles. The number of rotatable bonds is 7. The molecule has 2 N–H and O–H groups in total. The fourth-order valence-electron chi connectivity index (χ4n) is 2.44. The zero-order chi connectivity index (χ0) is 16.9. The van der Waals surface area contributed by atoms with Gasteiger partial charge in [-0.25, -0.2) is 14.5 Å². The number of nitrogens with zero attached hydrogens (tertiary/aromatic N) is 3. The van der Waals surface area contributed by atoms with Gasteiger partial charge in [0.15, 0.2) is 0 Å². The Labute approximate surface area is 139 Å². The summed E-state index contributed by atoms with van der Waals surface area (Å²) in [5, 5.41) is 7.51. The highest BCUT2D eigenvalue weighted by Gasteiger charge is 2.20. The molecule has 7 heteroatoms. The molecule has 0 aliphatic rings. The lowest BCUT2D eigenvalue weighted by molar-refractivity contribution is 0.0525. The van der Waals surface area contributed by atoms with Crippen LogP contribution in [0.4, 0.5) is 0 Å². The molecule has 7 nitrogen and oxygen atoms in total. The summed E-state index contributed by atoms with van der Waals surface area (Å²) < 4.78 is 6.74. The number of imidazole rings is 1. The third-order valence-corrected chi connectivity index (χ3v) is 3.52. The van der Waals surface area contributed by atoms with E-state index in [0.717, 1.165) is 11.0 Å². The second-order valence-corrected chi connectivity index (χ2v) is 5.13. The summed E-state index contributed by atoms with van der Waals surface area (Å²) >= 11 is 0. The summed E-state index contributed by atoms with van der Waals surface area (Å²) in [6, 6.07) is 7.72. The summed E-state index contributed by atoms with van der Waals surface area (Å²) in [6.45, 7) is 6.83. The topological polar surface area (TPSA) is 84.8 Å². The minimum atomic E-state index is -0.393. The molecule has 0 radical (unpaired) electrons. The predicted octanol–water partition coefficient (Wildman–Crippen LogP) is 2.20. The van der Waals surface area contributed by atoms with Crippen molar-refractivity contribution in [3.63, 3.8) is 0 Å². The van der Waals surface area contributed by atoms with Crippen LogP contribution in [0.2, 0.25) is 0 Å². The van der Waals surface area contributed by atoms with Crippen molar-refractivity contribution in [1.29, 1.82) is 0 Å². The molecule has 3 aromatic rings. The van der Waals surface area contributed by atoms with Crippen molar-refractivity contribution in [3.05, 3.63) is 54.4 Å². The number of benzene rings is 1. The van der Waals surface area contributed by atoms with Gasteiger partial charge in [-0.3, -0.25) is 0 Å². The Morgan fingerprint density at radius 3 is 3.04 bits per heavy atom. The zero-order valence-corrected chi connectivity index (χ0v) is 13.5. The number of carbonyl (C=O) groups is 1. The lowest BCUT2D eigenvalue weighted by Crippen LogP contribution is -2.19. The van der Waals surface area contributed by atoms with Crippen LogP contribution in [0.1, 0.15) is 23.0 Å². The molecule has 0 saturated heterocycles. The van der Waals surface area contributed by atoms with Crippen LogP contribution in [-0.4, -0.2) is 38.9 Å². The molecule has 24 heavy (non-hydrogen) atoms. The first-order valence-corrected chi connectivity index (χ1v) is 7.75. The van der Waals surface area contributed by atoms with Crippen molar-refractivity contribution in [2.45, 2.75) is 13.5 Å². The van der Waals surface area contributed by atoms with E-state index >= 15 is 0 Å². The first-order chi connectivity index (χ1) is 11.7. The zero-order valence-electron chi connectivity index (χ0n) is 13.5. The number of H-pyrrole nitrogens is 1. The number of fused-ring (bicyclic) bond motifs is 1. The number of ether oxygens (including phenoxy) is 1. The minimum Gasteiger partial charge on any atom is -0.462 e. The summed E-state index contributed by atoms with van der Waals surface area (Å²) in [4.78, 5) is 19.9. The maximum Gasteiger partial charge on any atom is 0.341 e. The van der Waals surface area contributed by atoms with E-state index in [-0.39, 0.29) is 0 Å². The molecule has 0 amide bonds. The van der Waals surface area contributed by atoms with Crippen molar-refractivity contribution in [1.82, 2.24) is 25.1 Å². The van der Waals surface area contributed by atoms with Crippen LogP contribution in [0.5, 0.6) is 0 Å². The molecular formula is C17H19N5O2. The molecule has 2 aromatic heterocycles. The molecule has 0 fully saturated rings. The van der Waals surface area contributed by atoms with E-state index in [1.54, 1.807) is 17.7 Å². The van der Waals surface area contributed by atoms with E-state index in [4.69, 9.17) is 4.74 Å². The maximum absolute atomic E-state index is 12.2. The Morgan fingerprint density at radius 1 is 1.46 bits per heavy atom. The summed E-state index contributed by atoms with van der Waals surface area (Å²) in [6.07, 6.45) is 3.27.